The van der Waals surface area contributed by atoms with Gasteiger partial charge in [0.15, 0.2) is 5.13 Å². The van der Waals surface area contributed by atoms with Gasteiger partial charge in [0.2, 0.25) is 0 Å². The molecule has 1 aliphatic heterocycles. The molecule has 1 amide bonds. The van der Waals surface area contributed by atoms with Crippen molar-refractivity contribution < 1.29 is 33.7 Å². The highest BCUT2D eigenvalue weighted by molar-refractivity contribution is 7.17. The van der Waals surface area contributed by atoms with Crippen LogP contribution in [0.3, 0.4) is 0 Å². The summed E-state index contributed by atoms with van der Waals surface area (Å²) >= 11 is 0.944. The Bertz CT molecular complexity index is 1410. The molecular formula is C27H26N2O7S. The molecule has 1 fully saturated rings. The van der Waals surface area contributed by atoms with Crippen LogP contribution >= 0.6 is 11.3 Å². The third kappa shape index (κ3) is 4.67. The molecule has 0 bridgehead atoms. The van der Waals surface area contributed by atoms with Crippen molar-refractivity contribution in [3.8, 4) is 11.5 Å². The Kier molecular flexibility index (Phi) is 7.30. The van der Waals surface area contributed by atoms with Gasteiger partial charge >= 0.3 is 11.9 Å². The molecule has 4 rings (SSSR count). The van der Waals surface area contributed by atoms with Gasteiger partial charge in [0.05, 0.1) is 38.1 Å². The van der Waals surface area contributed by atoms with Gasteiger partial charge in [-0.3, -0.25) is 14.5 Å². The largest absolute Gasteiger partial charge is 0.507 e. The van der Waals surface area contributed by atoms with E-state index < -0.39 is 23.7 Å². The number of amides is 1. The van der Waals surface area contributed by atoms with Crippen molar-refractivity contribution in [3.63, 3.8) is 0 Å². The topological polar surface area (TPSA) is 115 Å². The predicted octanol–water partition coefficient (Wildman–Crippen LogP) is 4.58. The zero-order valence-electron chi connectivity index (χ0n) is 21.0. The molecule has 0 unspecified atom stereocenters. The number of thiazole rings is 1. The minimum absolute atomic E-state index is 0.0881. The number of aromatic nitrogens is 1. The molecule has 1 aliphatic rings. The lowest BCUT2D eigenvalue weighted by molar-refractivity contribution is -0.132. The molecule has 0 aliphatic carbocycles. The summed E-state index contributed by atoms with van der Waals surface area (Å²) in [6, 6.07) is 10.9. The van der Waals surface area contributed by atoms with Gasteiger partial charge in [-0.05, 0) is 62.2 Å². The van der Waals surface area contributed by atoms with E-state index in [-0.39, 0.29) is 21.3 Å². The quantitative estimate of drug-likeness (QED) is 0.208. The van der Waals surface area contributed by atoms with Crippen LogP contribution in [0.5, 0.6) is 11.5 Å². The lowest BCUT2D eigenvalue weighted by Gasteiger charge is -2.23. The average molecular weight is 523 g/mol. The lowest BCUT2D eigenvalue weighted by atomic mass is 9.94. The number of hydrogen-bond acceptors (Lipinski definition) is 9. The first kappa shape index (κ1) is 25.9. The van der Waals surface area contributed by atoms with Crippen LogP contribution in [-0.4, -0.2) is 48.6 Å². The standard InChI is InChI=1S/C27H26N2O7S/c1-6-36-17-9-7-16(8-10-17)21-20(22(30)19-12-11-18(34-4)13-14(19)2)23(31)25(32)29(21)27-28-15(3)24(37-27)26(33)35-5/h7-13,21,30H,6H2,1-5H3/b22-20+/t21-/m0/s1. The molecule has 1 N–H and O–H groups in total. The van der Waals surface area contributed by atoms with E-state index in [1.807, 2.05) is 6.92 Å². The number of aliphatic hydroxyl groups is 1. The number of nitrogens with zero attached hydrogens (tertiary/aromatic N) is 2. The average Bonchev–Trinajstić information content (AvgIpc) is 3.40. The maximum atomic E-state index is 13.4. The number of methoxy groups -OCH3 is 2. The summed E-state index contributed by atoms with van der Waals surface area (Å²) in [5, 5.41) is 11.5. The Hall–Kier alpha value is -4.18. The van der Waals surface area contributed by atoms with Gasteiger partial charge in [0, 0.05) is 5.56 Å². The molecule has 3 aromatic rings. The third-order valence-corrected chi connectivity index (χ3v) is 7.14. The van der Waals surface area contributed by atoms with Crippen molar-refractivity contribution in [2.24, 2.45) is 0 Å². The van der Waals surface area contributed by atoms with E-state index in [0.29, 0.717) is 40.5 Å². The molecule has 192 valence electrons. The smallest absolute Gasteiger partial charge is 0.350 e. The van der Waals surface area contributed by atoms with E-state index in [2.05, 4.69) is 4.98 Å². The number of anilines is 1. The fourth-order valence-electron chi connectivity index (χ4n) is 4.20. The number of Topliss-reactive ketones (excluding diaryl/α,β-unsaturated/α-hetero) is 1. The summed E-state index contributed by atoms with van der Waals surface area (Å²) in [4.78, 5) is 44.8. The highest BCUT2D eigenvalue weighted by atomic mass is 32.1. The van der Waals surface area contributed by atoms with Gasteiger partial charge in [0.1, 0.15) is 22.1 Å². The van der Waals surface area contributed by atoms with Crippen molar-refractivity contribution in [1.29, 1.82) is 0 Å². The Balaban J connectivity index is 1.92. The van der Waals surface area contributed by atoms with E-state index in [9.17, 15) is 19.5 Å². The van der Waals surface area contributed by atoms with Gasteiger partial charge in [-0.1, -0.05) is 23.5 Å². The van der Waals surface area contributed by atoms with E-state index in [0.717, 1.165) is 11.3 Å². The molecule has 1 aromatic heterocycles. The number of carbonyl (C=O) groups excluding carboxylic acids is 3. The summed E-state index contributed by atoms with van der Waals surface area (Å²) in [5.74, 6) is -1.43. The normalized spacial score (nSPS) is 16.7. The highest BCUT2D eigenvalue weighted by Gasteiger charge is 2.48. The van der Waals surface area contributed by atoms with Crippen LogP contribution in [0.15, 0.2) is 48.0 Å². The predicted molar refractivity (Wildman–Crippen MR) is 138 cm³/mol. The van der Waals surface area contributed by atoms with E-state index >= 15 is 0 Å². The summed E-state index contributed by atoms with van der Waals surface area (Å²) in [7, 11) is 2.79. The summed E-state index contributed by atoms with van der Waals surface area (Å²) in [5.41, 5.74) is 1.88. The molecule has 37 heavy (non-hydrogen) atoms. The Morgan fingerprint density at radius 3 is 2.35 bits per heavy atom. The number of carbonyl (C=O) groups is 3. The second-order valence-electron chi connectivity index (χ2n) is 8.25. The SMILES string of the molecule is CCOc1ccc([C@H]2/C(=C(\O)c3ccc(OC)cc3C)C(=O)C(=O)N2c2nc(C)c(C(=O)OC)s2)cc1. The van der Waals surface area contributed by atoms with Crippen molar-refractivity contribution in [2.75, 3.05) is 25.7 Å². The lowest BCUT2D eigenvalue weighted by Crippen LogP contribution is -2.29. The van der Waals surface area contributed by atoms with Crippen molar-refractivity contribution in [2.45, 2.75) is 26.8 Å². The maximum absolute atomic E-state index is 13.4. The first-order chi connectivity index (χ1) is 17.7. The minimum atomic E-state index is -0.992. The van der Waals surface area contributed by atoms with Gasteiger partial charge < -0.3 is 19.3 Å². The number of benzene rings is 2. The summed E-state index contributed by atoms with van der Waals surface area (Å²) < 4.78 is 15.6. The maximum Gasteiger partial charge on any atom is 0.350 e. The second-order valence-corrected chi connectivity index (χ2v) is 9.23. The van der Waals surface area contributed by atoms with Crippen LogP contribution in [0.4, 0.5) is 5.13 Å². The fourth-order valence-corrected chi connectivity index (χ4v) is 5.21. The van der Waals surface area contributed by atoms with Crippen molar-refractivity contribution in [1.82, 2.24) is 4.98 Å². The van der Waals surface area contributed by atoms with Crippen LogP contribution in [0, 0.1) is 13.8 Å². The van der Waals surface area contributed by atoms with Crippen molar-refractivity contribution in [3.05, 3.63) is 75.3 Å². The molecule has 0 saturated carbocycles. The fraction of sp³-hybridized carbons (Fsp3) is 0.259. The summed E-state index contributed by atoms with van der Waals surface area (Å²) in [6.07, 6.45) is 0. The summed E-state index contributed by atoms with van der Waals surface area (Å²) in [6.45, 7) is 5.73. The van der Waals surface area contributed by atoms with Crippen LogP contribution in [0.1, 0.15) is 45.0 Å². The zero-order valence-corrected chi connectivity index (χ0v) is 21.8. The molecular weight excluding hydrogens is 496 g/mol. The van der Waals surface area contributed by atoms with E-state index in [1.54, 1.807) is 56.3 Å². The molecule has 2 aromatic carbocycles. The number of aliphatic hydroxyl groups excluding tert-OH is 1. The number of aryl methyl sites for hydroxylation is 2. The highest BCUT2D eigenvalue weighted by Crippen LogP contribution is 2.44. The molecule has 2 heterocycles. The third-order valence-electron chi connectivity index (χ3n) is 6.00. The molecule has 1 atom stereocenters. The second kappa shape index (κ2) is 10.4. The van der Waals surface area contributed by atoms with Crippen LogP contribution < -0.4 is 14.4 Å². The van der Waals surface area contributed by atoms with Crippen LogP contribution in [-0.2, 0) is 14.3 Å². The number of ketones is 1. The zero-order chi connectivity index (χ0) is 26.9. The number of hydrogen-bond donors (Lipinski definition) is 1. The van der Waals surface area contributed by atoms with Gasteiger partial charge in [-0.25, -0.2) is 9.78 Å². The molecule has 10 heteroatoms. The molecule has 9 nitrogen and oxygen atoms in total. The van der Waals surface area contributed by atoms with Crippen LogP contribution in [0.25, 0.3) is 5.76 Å². The van der Waals surface area contributed by atoms with Gasteiger partial charge in [-0.15, -0.1) is 0 Å². The Morgan fingerprint density at radius 1 is 1.08 bits per heavy atom. The van der Waals surface area contributed by atoms with Gasteiger partial charge in [0.25, 0.3) is 5.78 Å². The number of rotatable bonds is 7. The van der Waals surface area contributed by atoms with E-state index in [4.69, 9.17) is 14.2 Å². The monoisotopic (exact) mass is 522 g/mol. The van der Waals surface area contributed by atoms with Crippen molar-refractivity contribution >= 4 is 39.9 Å². The first-order valence-corrected chi connectivity index (χ1v) is 12.3. The Labute approximate surface area is 217 Å². The van der Waals surface area contributed by atoms with E-state index in [1.165, 1.54) is 19.1 Å². The van der Waals surface area contributed by atoms with Crippen LogP contribution in [0.2, 0.25) is 0 Å². The number of ether oxygens (including phenoxy) is 3. The minimum Gasteiger partial charge on any atom is -0.507 e. The van der Waals surface area contributed by atoms with Gasteiger partial charge in [-0.2, -0.15) is 0 Å². The first-order valence-electron chi connectivity index (χ1n) is 11.5. The molecule has 0 radical (unpaired) electrons. The number of esters is 1. The molecule has 0 spiro atoms. The molecule has 1 saturated heterocycles. The Morgan fingerprint density at radius 2 is 1.76 bits per heavy atom.